The highest BCUT2D eigenvalue weighted by molar-refractivity contribution is 6.06. The summed E-state index contributed by atoms with van der Waals surface area (Å²) in [6.07, 6.45) is 0.810. The van der Waals surface area contributed by atoms with Crippen molar-refractivity contribution in [1.82, 2.24) is 4.98 Å². The van der Waals surface area contributed by atoms with Gasteiger partial charge in [-0.1, -0.05) is 66.2 Å². The van der Waals surface area contributed by atoms with E-state index in [1.165, 1.54) is 0 Å². The van der Waals surface area contributed by atoms with E-state index in [1.54, 1.807) is 11.0 Å². The molecule has 32 heavy (non-hydrogen) atoms. The van der Waals surface area contributed by atoms with E-state index in [0.29, 0.717) is 28.7 Å². The second-order valence-corrected chi connectivity index (χ2v) is 7.94. The number of fused-ring (bicyclic) bond motifs is 2. The Morgan fingerprint density at radius 3 is 2.56 bits per heavy atom. The molecule has 5 nitrogen and oxygen atoms in total. The molecule has 0 saturated carbocycles. The smallest absolute Gasteiger partial charge is 0.339 e. The summed E-state index contributed by atoms with van der Waals surface area (Å²) in [6, 6.07) is 25.0. The second-order valence-electron chi connectivity index (χ2n) is 7.94. The number of esters is 1. The molecule has 1 aliphatic rings. The lowest BCUT2D eigenvalue weighted by Crippen LogP contribution is -2.33. The van der Waals surface area contributed by atoms with Crippen molar-refractivity contribution in [2.24, 2.45) is 0 Å². The Balaban J connectivity index is 1.41. The van der Waals surface area contributed by atoms with Crippen molar-refractivity contribution in [1.29, 1.82) is 0 Å². The van der Waals surface area contributed by atoms with E-state index in [9.17, 15) is 9.59 Å². The van der Waals surface area contributed by atoms with E-state index in [0.717, 1.165) is 28.8 Å². The number of ether oxygens (including phenoxy) is 1. The number of amides is 1. The number of para-hydroxylation sites is 2. The highest BCUT2D eigenvalue weighted by Crippen LogP contribution is 2.28. The van der Waals surface area contributed by atoms with Crippen molar-refractivity contribution in [2.75, 3.05) is 18.1 Å². The standard InChI is InChI=1S/C27H22N2O3/c1-18-10-12-19(13-11-18)24-16-22(21-7-3-4-8-23(21)28-24)27(31)32-17-26(30)29-15-14-20-6-2-5-9-25(20)29/h2-13,16H,14-15,17H2,1H3. The van der Waals surface area contributed by atoms with E-state index < -0.39 is 5.97 Å². The average molecular weight is 422 g/mol. The van der Waals surface area contributed by atoms with Gasteiger partial charge < -0.3 is 9.64 Å². The number of carbonyl (C=O) groups excluding carboxylic acids is 2. The molecule has 0 fully saturated rings. The minimum atomic E-state index is -0.530. The Morgan fingerprint density at radius 2 is 1.72 bits per heavy atom. The number of hydrogen-bond donors (Lipinski definition) is 0. The fourth-order valence-corrected chi connectivity index (χ4v) is 4.10. The lowest BCUT2D eigenvalue weighted by atomic mass is 10.0. The molecule has 0 saturated heterocycles. The predicted octanol–water partition coefficient (Wildman–Crippen LogP) is 4.96. The van der Waals surface area contributed by atoms with E-state index in [-0.39, 0.29) is 12.5 Å². The maximum Gasteiger partial charge on any atom is 0.339 e. The first kappa shape index (κ1) is 19.9. The number of hydrogen-bond acceptors (Lipinski definition) is 4. The summed E-state index contributed by atoms with van der Waals surface area (Å²) in [6.45, 7) is 2.32. The van der Waals surface area contributed by atoms with Crippen LogP contribution >= 0.6 is 0 Å². The normalized spacial score (nSPS) is 12.6. The number of benzene rings is 3. The van der Waals surface area contributed by atoms with Gasteiger partial charge in [0.15, 0.2) is 6.61 Å². The van der Waals surface area contributed by atoms with Crippen molar-refractivity contribution in [3.63, 3.8) is 0 Å². The SMILES string of the molecule is Cc1ccc(-c2cc(C(=O)OCC(=O)N3CCc4ccccc43)c3ccccc3n2)cc1. The Labute approximate surface area is 186 Å². The Morgan fingerprint density at radius 1 is 0.969 bits per heavy atom. The molecule has 158 valence electrons. The molecule has 0 radical (unpaired) electrons. The van der Waals surface area contributed by atoms with Crippen molar-refractivity contribution in [2.45, 2.75) is 13.3 Å². The molecule has 0 unspecified atom stereocenters. The van der Waals surface area contributed by atoms with Crippen LogP contribution < -0.4 is 4.90 Å². The molecule has 1 aliphatic heterocycles. The Bertz CT molecular complexity index is 1330. The summed E-state index contributed by atoms with van der Waals surface area (Å²) in [5.41, 5.74) is 5.89. The first-order valence-electron chi connectivity index (χ1n) is 10.6. The van der Waals surface area contributed by atoms with E-state index in [2.05, 4.69) is 0 Å². The lowest BCUT2D eigenvalue weighted by molar-refractivity contribution is -0.121. The molecular weight excluding hydrogens is 400 g/mol. The molecule has 5 rings (SSSR count). The van der Waals surface area contributed by atoms with Crippen LogP contribution in [-0.2, 0) is 16.0 Å². The summed E-state index contributed by atoms with van der Waals surface area (Å²) in [5, 5.41) is 0.701. The molecular formula is C27H22N2O3. The third-order valence-corrected chi connectivity index (χ3v) is 5.80. The molecule has 1 aromatic heterocycles. The maximum atomic E-state index is 13.0. The molecule has 0 atom stereocenters. The first-order chi connectivity index (χ1) is 15.6. The third-order valence-electron chi connectivity index (χ3n) is 5.80. The number of pyridine rings is 1. The van der Waals surface area contributed by atoms with Gasteiger partial charge in [-0.25, -0.2) is 9.78 Å². The van der Waals surface area contributed by atoms with Gasteiger partial charge in [0.2, 0.25) is 0 Å². The minimum absolute atomic E-state index is 0.222. The first-order valence-corrected chi connectivity index (χ1v) is 10.6. The highest BCUT2D eigenvalue weighted by atomic mass is 16.5. The quantitative estimate of drug-likeness (QED) is 0.436. The van der Waals surface area contributed by atoms with Gasteiger partial charge in [-0.2, -0.15) is 0 Å². The lowest BCUT2D eigenvalue weighted by Gasteiger charge is -2.17. The molecule has 1 amide bonds. The molecule has 0 bridgehead atoms. The maximum absolute atomic E-state index is 13.0. The topological polar surface area (TPSA) is 59.5 Å². The number of rotatable bonds is 4. The predicted molar refractivity (Wildman–Crippen MR) is 125 cm³/mol. The summed E-state index contributed by atoms with van der Waals surface area (Å²) < 4.78 is 5.48. The zero-order valence-electron chi connectivity index (χ0n) is 17.7. The van der Waals surface area contributed by atoms with Gasteiger partial charge in [0.25, 0.3) is 5.91 Å². The fraction of sp³-hybridized carbons (Fsp3) is 0.148. The van der Waals surface area contributed by atoms with Crippen molar-refractivity contribution >= 4 is 28.5 Å². The summed E-state index contributed by atoms with van der Waals surface area (Å²) >= 11 is 0. The van der Waals surface area contributed by atoms with Crippen LogP contribution in [0.25, 0.3) is 22.2 Å². The number of anilines is 1. The summed E-state index contributed by atoms with van der Waals surface area (Å²) in [5.74, 6) is -0.752. The van der Waals surface area contributed by atoms with Crippen LogP contribution in [0.4, 0.5) is 5.69 Å². The number of carbonyl (C=O) groups is 2. The minimum Gasteiger partial charge on any atom is -0.452 e. The third kappa shape index (κ3) is 3.73. The van der Waals surface area contributed by atoms with Crippen LogP contribution in [-0.4, -0.2) is 30.0 Å². The van der Waals surface area contributed by atoms with Crippen LogP contribution in [0.15, 0.2) is 78.9 Å². The van der Waals surface area contributed by atoms with Crippen LogP contribution in [0.5, 0.6) is 0 Å². The van der Waals surface area contributed by atoms with E-state index >= 15 is 0 Å². The highest BCUT2D eigenvalue weighted by Gasteiger charge is 2.25. The van der Waals surface area contributed by atoms with Crippen LogP contribution in [0.2, 0.25) is 0 Å². The average Bonchev–Trinajstić information content (AvgIpc) is 3.26. The fourth-order valence-electron chi connectivity index (χ4n) is 4.10. The molecule has 0 spiro atoms. The number of aryl methyl sites for hydroxylation is 1. The van der Waals surface area contributed by atoms with Crippen LogP contribution in [0.1, 0.15) is 21.5 Å². The molecule has 0 aliphatic carbocycles. The van der Waals surface area contributed by atoms with Gasteiger partial charge in [-0.15, -0.1) is 0 Å². The Kier molecular flexibility index (Phi) is 5.15. The zero-order chi connectivity index (χ0) is 22.1. The second kappa shape index (κ2) is 8.27. The van der Waals surface area contributed by atoms with Gasteiger partial charge in [0.1, 0.15) is 0 Å². The van der Waals surface area contributed by atoms with E-state index in [1.807, 2.05) is 79.7 Å². The Hall–Kier alpha value is -3.99. The zero-order valence-corrected chi connectivity index (χ0v) is 17.7. The van der Waals surface area contributed by atoms with E-state index in [4.69, 9.17) is 9.72 Å². The van der Waals surface area contributed by atoms with Crippen LogP contribution in [0.3, 0.4) is 0 Å². The molecule has 5 heteroatoms. The van der Waals surface area contributed by atoms with Crippen LogP contribution in [0, 0.1) is 6.92 Å². The summed E-state index contributed by atoms with van der Waals surface area (Å²) in [7, 11) is 0. The molecule has 2 heterocycles. The monoisotopic (exact) mass is 422 g/mol. The number of nitrogens with zero attached hydrogens (tertiary/aromatic N) is 2. The summed E-state index contributed by atoms with van der Waals surface area (Å²) in [4.78, 5) is 32.2. The van der Waals surface area contributed by atoms with Gasteiger partial charge in [-0.3, -0.25) is 4.79 Å². The van der Waals surface area contributed by atoms with Gasteiger partial charge in [-0.05, 0) is 37.1 Å². The van der Waals surface area contributed by atoms with Crippen molar-refractivity contribution < 1.29 is 14.3 Å². The van der Waals surface area contributed by atoms with Gasteiger partial charge >= 0.3 is 5.97 Å². The molecule has 3 aromatic carbocycles. The van der Waals surface area contributed by atoms with Crippen molar-refractivity contribution in [3.05, 3.63) is 95.6 Å². The number of aromatic nitrogens is 1. The van der Waals surface area contributed by atoms with Gasteiger partial charge in [0, 0.05) is 23.2 Å². The molecule has 4 aromatic rings. The van der Waals surface area contributed by atoms with Crippen molar-refractivity contribution in [3.8, 4) is 11.3 Å². The van der Waals surface area contributed by atoms with Gasteiger partial charge in [0.05, 0.1) is 16.8 Å². The molecule has 0 N–H and O–H groups in total. The largest absolute Gasteiger partial charge is 0.452 e.